The summed E-state index contributed by atoms with van der Waals surface area (Å²) in [5.41, 5.74) is 3.98. The minimum atomic E-state index is -0.393. The number of imidazole rings is 1. The molecule has 2 heterocycles. The number of hydrogen-bond donors (Lipinski definition) is 1. The summed E-state index contributed by atoms with van der Waals surface area (Å²) in [5.74, 6) is -0.169. The Labute approximate surface area is 124 Å². The second kappa shape index (κ2) is 5.03. The quantitative estimate of drug-likeness (QED) is 0.733. The van der Waals surface area contributed by atoms with E-state index in [1.54, 1.807) is 17.4 Å². The van der Waals surface area contributed by atoms with Crippen molar-refractivity contribution in [3.63, 3.8) is 0 Å². The van der Waals surface area contributed by atoms with Crippen LogP contribution in [0.1, 0.15) is 11.1 Å². The zero-order valence-corrected chi connectivity index (χ0v) is 12.7. The van der Waals surface area contributed by atoms with E-state index in [0.29, 0.717) is 16.8 Å². The van der Waals surface area contributed by atoms with Gasteiger partial charge in [-0.1, -0.05) is 0 Å². The van der Waals surface area contributed by atoms with Gasteiger partial charge >= 0.3 is 0 Å². The number of nitrogens with zero attached hydrogens (tertiary/aromatic N) is 1. The van der Waals surface area contributed by atoms with Gasteiger partial charge in [-0.15, -0.1) is 0 Å². The van der Waals surface area contributed by atoms with Crippen molar-refractivity contribution in [3.05, 3.63) is 44.6 Å². The molecule has 0 saturated heterocycles. The molecule has 0 saturated carbocycles. The Morgan fingerprint density at radius 2 is 2.20 bits per heavy atom. The lowest BCUT2D eigenvalue weighted by molar-refractivity contribution is 0.387. The number of thiophene rings is 1. The van der Waals surface area contributed by atoms with Gasteiger partial charge in [-0.05, 0) is 41.0 Å². The lowest BCUT2D eigenvalue weighted by atomic mass is 10.2. The smallest absolute Gasteiger partial charge is 0.178 e. The first-order chi connectivity index (χ1) is 9.60. The Morgan fingerprint density at radius 3 is 2.85 bits per heavy atom. The summed E-state index contributed by atoms with van der Waals surface area (Å²) in [6.07, 6.45) is 0. The van der Waals surface area contributed by atoms with Crippen LogP contribution in [0.4, 0.5) is 4.39 Å². The number of methoxy groups -OCH3 is 1. The summed E-state index contributed by atoms with van der Waals surface area (Å²) in [5, 5.41) is 4.21. The highest BCUT2D eigenvalue weighted by Crippen LogP contribution is 2.26. The molecule has 104 valence electrons. The molecule has 2 aromatic heterocycles. The van der Waals surface area contributed by atoms with Gasteiger partial charge in [0.05, 0.1) is 24.7 Å². The summed E-state index contributed by atoms with van der Waals surface area (Å²) < 4.78 is 21.3. The zero-order valence-electron chi connectivity index (χ0n) is 11.1. The fourth-order valence-corrected chi connectivity index (χ4v) is 3.31. The number of fused-ring (bicyclic) bond motifs is 1. The number of H-pyrrole nitrogens is 1. The van der Waals surface area contributed by atoms with Crippen LogP contribution >= 0.6 is 23.6 Å². The number of halogens is 1. The second-order valence-electron chi connectivity index (χ2n) is 4.60. The molecule has 0 spiro atoms. The SMILES string of the molecule is COc1cc2c(cc1F)[nH]c(=S)n2Cc1cscc1C. The number of rotatable bonds is 3. The normalized spacial score (nSPS) is 11.2. The molecule has 3 aromatic rings. The number of nitrogens with one attached hydrogen (secondary N) is 1. The van der Waals surface area contributed by atoms with E-state index >= 15 is 0 Å². The Morgan fingerprint density at radius 1 is 1.40 bits per heavy atom. The summed E-state index contributed by atoms with van der Waals surface area (Å²) in [4.78, 5) is 3.04. The molecule has 20 heavy (non-hydrogen) atoms. The molecule has 0 aliphatic heterocycles. The monoisotopic (exact) mass is 308 g/mol. The van der Waals surface area contributed by atoms with Crippen LogP contribution in [0.5, 0.6) is 5.75 Å². The summed E-state index contributed by atoms with van der Waals surface area (Å²) in [6, 6.07) is 3.10. The van der Waals surface area contributed by atoms with Gasteiger partial charge in [0.2, 0.25) is 0 Å². The predicted octanol–water partition coefficient (Wildman–Crippen LogP) is 4.26. The van der Waals surface area contributed by atoms with E-state index in [9.17, 15) is 4.39 Å². The standard InChI is InChI=1S/C14H13FN2OS2/c1-8-6-20-7-9(8)5-17-12-4-13(18-2)10(15)3-11(12)16-14(17)19/h3-4,6-7H,5H2,1-2H3,(H,16,19). The molecule has 1 N–H and O–H groups in total. The Balaban J connectivity index is 2.17. The van der Waals surface area contributed by atoms with Crippen LogP contribution in [-0.2, 0) is 6.54 Å². The summed E-state index contributed by atoms with van der Waals surface area (Å²) in [7, 11) is 1.46. The first-order valence-electron chi connectivity index (χ1n) is 6.08. The van der Waals surface area contributed by atoms with Crippen molar-refractivity contribution in [2.45, 2.75) is 13.5 Å². The van der Waals surface area contributed by atoms with Gasteiger partial charge in [0.15, 0.2) is 16.3 Å². The van der Waals surface area contributed by atoms with Gasteiger partial charge < -0.3 is 14.3 Å². The van der Waals surface area contributed by atoms with E-state index < -0.39 is 5.82 Å². The van der Waals surface area contributed by atoms with Crippen molar-refractivity contribution in [3.8, 4) is 5.75 Å². The molecule has 0 bridgehead atoms. The Hall–Kier alpha value is -1.66. The molecule has 3 rings (SSSR count). The van der Waals surface area contributed by atoms with Crippen LogP contribution in [0.15, 0.2) is 22.9 Å². The largest absolute Gasteiger partial charge is 0.494 e. The third kappa shape index (κ3) is 2.14. The average Bonchev–Trinajstić information content (AvgIpc) is 2.94. The molecule has 0 radical (unpaired) electrons. The fourth-order valence-electron chi connectivity index (χ4n) is 2.19. The topological polar surface area (TPSA) is 29.9 Å². The third-order valence-electron chi connectivity index (χ3n) is 3.34. The minimum absolute atomic E-state index is 0.224. The van der Waals surface area contributed by atoms with Gasteiger partial charge in [-0.2, -0.15) is 11.3 Å². The van der Waals surface area contributed by atoms with E-state index in [1.165, 1.54) is 24.3 Å². The number of aryl methyl sites for hydroxylation is 1. The van der Waals surface area contributed by atoms with Gasteiger partial charge in [0, 0.05) is 12.1 Å². The van der Waals surface area contributed by atoms with Crippen LogP contribution in [-0.4, -0.2) is 16.7 Å². The van der Waals surface area contributed by atoms with E-state index in [-0.39, 0.29) is 5.75 Å². The van der Waals surface area contributed by atoms with Gasteiger partial charge in [-0.25, -0.2) is 4.39 Å². The van der Waals surface area contributed by atoms with Crippen molar-refractivity contribution >= 4 is 34.6 Å². The Kier molecular flexibility index (Phi) is 3.35. The maximum absolute atomic E-state index is 13.7. The van der Waals surface area contributed by atoms with E-state index in [1.807, 2.05) is 4.57 Å². The third-order valence-corrected chi connectivity index (χ3v) is 4.57. The van der Waals surface area contributed by atoms with Gasteiger partial charge in [0.25, 0.3) is 0 Å². The van der Waals surface area contributed by atoms with E-state index in [0.717, 1.165) is 5.52 Å². The van der Waals surface area contributed by atoms with Crippen molar-refractivity contribution < 1.29 is 9.13 Å². The molecular weight excluding hydrogens is 295 g/mol. The molecule has 1 aromatic carbocycles. The summed E-state index contributed by atoms with van der Waals surface area (Å²) in [6.45, 7) is 2.74. The highest BCUT2D eigenvalue weighted by atomic mass is 32.1. The van der Waals surface area contributed by atoms with Crippen molar-refractivity contribution in [2.24, 2.45) is 0 Å². The predicted molar refractivity (Wildman–Crippen MR) is 81.8 cm³/mol. The molecular formula is C14H13FN2OS2. The van der Waals surface area contributed by atoms with Crippen molar-refractivity contribution in [1.29, 1.82) is 0 Å². The molecule has 0 atom stereocenters. The number of aromatic nitrogens is 2. The zero-order chi connectivity index (χ0) is 14.3. The first kappa shape index (κ1) is 13.3. The molecule has 0 unspecified atom stereocenters. The molecule has 0 amide bonds. The average molecular weight is 308 g/mol. The summed E-state index contributed by atoms with van der Waals surface area (Å²) >= 11 is 7.01. The molecule has 0 aliphatic rings. The lowest BCUT2D eigenvalue weighted by Crippen LogP contribution is -2.00. The number of ether oxygens (including phenoxy) is 1. The van der Waals surface area contributed by atoms with Crippen LogP contribution in [0.3, 0.4) is 0 Å². The highest BCUT2D eigenvalue weighted by Gasteiger charge is 2.11. The minimum Gasteiger partial charge on any atom is -0.494 e. The van der Waals surface area contributed by atoms with Crippen molar-refractivity contribution in [1.82, 2.24) is 9.55 Å². The van der Waals surface area contributed by atoms with Crippen LogP contribution in [0.25, 0.3) is 11.0 Å². The van der Waals surface area contributed by atoms with Crippen LogP contribution in [0.2, 0.25) is 0 Å². The van der Waals surface area contributed by atoms with E-state index in [2.05, 4.69) is 22.7 Å². The van der Waals surface area contributed by atoms with Crippen LogP contribution < -0.4 is 4.74 Å². The Bertz CT molecular complexity index is 831. The molecule has 0 aliphatic carbocycles. The van der Waals surface area contributed by atoms with Gasteiger partial charge in [0.1, 0.15) is 0 Å². The van der Waals surface area contributed by atoms with Crippen LogP contribution in [0, 0.1) is 17.5 Å². The fraction of sp³-hybridized carbons (Fsp3) is 0.214. The molecule has 0 fully saturated rings. The molecule has 6 heteroatoms. The first-order valence-corrected chi connectivity index (χ1v) is 7.43. The lowest BCUT2D eigenvalue weighted by Gasteiger charge is -2.06. The number of benzene rings is 1. The molecule has 3 nitrogen and oxygen atoms in total. The van der Waals surface area contributed by atoms with E-state index in [4.69, 9.17) is 17.0 Å². The van der Waals surface area contributed by atoms with Crippen molar-refractivity contribution in [2.75, 3.05) is 7.11 Å². The number of aromatic amines is 1. The number of hydrogen-bond acceptors (Lipinski definition) is 3. The second-order valence-corrected chi connectivity index (χ2v) is 5.73. The highest BCUT2D eigenvalue weighted by molar-refractivity contribution is 7.71. The maximum atomic E-state index is 13.7. The van der Waals surface area contributed by atoms with Gasteiger partial charge in [-0.3, -0.25) is 0 Å². The maximum Gasteiger partial charge on any atom is 0.178 e.